The van der Waals surface area contributed by atoms with Crippen LogP contribution in [0.15, 0.2) is 30.6 Å². The average molecular weight is 565 g/mol. The fraction of sp³-hybridized carbons (Fsp3) is 0.517. The zero-order valence-corrected chi connectivity index (χ0v) is 24.0. The number of imide groups is 2. The smallest absolute Gasteiger partial charge is 0.410 e. The summed E-state index contributed by atoms with van der Waals surface area (Å²) in [4.78, 5) is 65.9. The molecule has 3 aliphatic rings. The standard InChI is InChI=1S/C29H36N6O6/c1-28(2,3)41-27(40)33-12-11-18(13-29(33,4)5)34-16-17(15-31-34)14-30-20-8-6-7-19-23(20)26(39)35(25(19)38)21-9-10-22(36)32-24(21)37/h6-8,15-16,18,21,30H,9-14H2,1-5H3,(H,32,36,37)/t18-,21?/m1/s1. The molecule has 0 aliphatic carbocycles. The summed E-state index contributed by atoms with van der Waals surface area (Å²) in [6, 6.07) is 4.05. The molecule has 12 nitrogen and oxygen atoms in total. The third kappa shape index (κ3) is 5.55. The molecule has 1 unspecified atom stereocenters. The number of aromatic nitrogens is 2. The van der Waals surface area contributed by atoms with E-state index in [9.17, 15) is 24.0 Å². The summed E-state index contributed by atoms with van der Waals surface area (Å²) in [5, 5.41) is 10.0. The molecule has 4 heterocycles. The van der Waals surface area contributed by atoms with Gasteiger partial charge in [-0.1, -0.05) is 6.07 Å². The van der Waals surface area contributed by atoms with Gasteiger partial charge in [0.15, 0.2) is 0 Å². The van der Waals surface area contributed by atoms with Gasteiger partial charge in [0.2, 0.25) is 11.8 Å². The van der Waals surface area contributed by atoms with E-state index in [2.05, 4.69) is 15.7 Å². The van der Waals surface area contributed by atoms with E-state index < -0.39 is 40.8 Å². The summed E-state index contributed by atoms with van der Waals surface area (Å²) in [6.45, 7) is 10.5. The van der Waals surface area contributed by atoms with E-state index in [1.165, 1.54) is 0 Å². The van der Waals surface area contributed by atoms with E-state index in [0.717, 1.165) is 16.9 Å². The Morgan fingerprint density at radius 3 is 2.59 bits per heavy atom. The summed E-state index contributed by atoms with van der Waals surface area (Å²) >= 11 is 0. The molecule has 0 saturated carbocycles. The van der Waals surface area contributed by atoms with Crippen LogP contribution in [0.3, 0.4) is 0 Å². The Hall–Kier alpha value is -4.22. The molecular formula is C29H36N6O6. The number of hydrogen-bond acceptors (Lipinski definition) is 8. The number of hydrogen-bond donors (Lipinski definition) is 2. The summed E-state index contributed by atoms with van der Waals surface area (Å²) in [5.41, 5.74) is 0.823. The maximum atomic E-state index is 13.3. The fourth-order valence-electron chi connectivity index (χ4n) is 5.78. The van der Waals surface area contributed by atoms with Crippen molar-refractivity contribution in [3.8, 4) is 0 Å². The lowest BCUT2D eigenvalue weighted by Gasteiger charge is -2.45. The van der Waals surface area contributed by atoms with Crippen molar-refractivity contribution in [1.29, 1.82) is 0 Å². The number of ether oxygens (including phenoxy) is 1. The van der Waals surface area contributed by atoms with E-state index in [0.29, 0.717) is 25.2 Å². The van der Waals surface area contributed by atoms with Crippen molar-refractivity contribution < 1.29 is 28.7 Å². The van der Waals surface area contributed by atoms with Gasteiger partial charge in [0.05, 0.1) is 23.4 Å². The molecule has 5 amide bonds. The van der Waals surface area contributed by atoms with Crippen molar-refractivity contribution >= 4 is 35.4 Å². The molecule has 0 spiro atoms. The molecule has 2 N–H and O–H groups in total. The topological polar surface area (TPSA) is 143 Å². The van der Waals surface area contributed by atoms with E-state index in [1.54, 1.807) is 29.3 Å². The molecule has 0 radical (unpaired) electrons. The molecule has 2 fully saturated rings. The first-order chi connectivity index (χ1) is 19.2. The largest absolute Gasteiger partial charge is 0.444 e. The highest BCUT2D eigenvalue weighted by molar-refractivity contribution is 6.25. The van der Waals surface area contributed by atoms with Gasteiger partial charge >= 0.3 is 6.09 Å². The number of carbonyl (C=O) groups excluding carboxylic acids is 5. The van der Waals surface area contributed by atoms with Gasteiger partial charge in [-0.05, 0) is 66.0 Å². The molecule has 0 bridgehead atoms. The van der Waals surface area contributed by atoms with Crippen LogP contribution in [0.25, 0.3) is 0 Å². The zero-order valence-electron chi connectivity index (χ0n) is 24.0. The molecule has 1 aromatic carbocycles. The van der Waals surface area contributed by atoms with Crippen molar-refractivity contribution in [1.82, 2.24) is 24.9 Å². The number of piperidine rings is 2. The number of carbonyl (C=O) groups is 5. The number of amides is 5. The Bertz CT molecular complexity index is 1420. The molecular weight excluding hydrogens is 528 g/mol. The highest BCUT2D eigenvalue weighted by Crippen LogP contribution is 2.36. The minimum absolute atomic E-state index is 0.0656. The summed E-state index contributed by atoms with van der Waals surface area (Å²) in [7, 11) is 0. The zero-order chi connectivity index (χ0) is 29.7. The second kappa shape index (κ2) is 10.3. The van der Waals surface area contributed by atoms with Crippen LogP contribution in [0.2, 0.25) is 0 Å². The van der Waals surface area contributed by atoms with Gasteiger partial charge in [0, 0.05) is 42.5 Å². The maximum Gasteiger partial charge on any atom is 0.410 e. The molecule has 3 aliphatic heterocycles. The van der Waals surface area contributed by atoms with Crippen LogP contribution in [-0.4, -0.2) is 73.0 Å². The molecule has 5 rings (SSSR count). The van der Waals surface area contributed by atoms with E-state index >= 15 is 0 Å². The number of benzene rings is 1. The normalized spacial score (nSPS) is 22.5. The van der Waals surface area contributed by atoms with Gasteiger partial charge in [-0.2, -0.15) is 5.10 Å². The maximum absolute atomic E-state index is 13.3. The molecule has 2 saturated heterocycles. The van der Waals surface area contributed by atoms with Gasteiger partial charge in [-0.25, -0.2) is 4.79 Å². The third-order valence-electron chi connectivity index (χ3n) is 7.75. The molecule has 2 atom stereocenters. The first-order valence-electron chi connectivity index (χ1n) is 13.9. The SMILES string of the molecule is CC(C)(C)OC(=O)N1CC[C@@H](n2cc(CNc3cccc4c3C(=O)N(C3CCC(=O)NC3=O)C4=O)cn2)CC1(C)C. The Morgan fingerprint density at radius 1 is 1.15 bits per heavy atom. The second-order valence-electron chi connectivity index (χ2n) is 12.4. The van der Waals surface area contributed by atoms with Crippen LogP contribution in [0, 0.1) is 0 Å². The van der Waals surface area contributed by atoms with Gasteiger partial charge in [0.25, 0.3) is 11.8 Å². The first-order valence-corrected chi connectivity index (χ1v) is 13.9. The number of fused-ring (bicyclic) bond motifs is 1. The lowest BCUT2D eigenvalue weighted by molar-refractivity contribution is -0.136. The van der Waals surface area contributed by atoms with E-state index in [-0.39, 0.29) is 36.1 Å². The van der Waals surface area contributed by atoms with Crippen molar-refractivity contribution in [2.45, 2.75) is 90.1 Å². The lowest BCUT2D eigenvalue weighted by atomic mass is 9.87. The highest BCUT2D eigenvalue weighted by atomic mass is 16.6. The Labute approximate surface area is 238 Å². The Kier molecular flexibility index (Phi) is 7.12. The van der Waals surface area contributed by atoms with Crippen molar-refractivity contribution in [2.24, 2.45) is 0 Å². The van der Waals surface area contributed by atoms with Crippen molar-refractivity contribution in [3.63, 3.8) is 0 Å². The first kappa shape index (κ1) is 28.3. The Balaban J connectivity index is 1.25. The minimum Gasteiger partial charge on any atom is -0.444 e. The number of nitrogens with one attached hydrogen (secondary N) is 2. The van der Waals surface area contributed by atoms with Gasteiger partial charge in [0.1, 0.15) is 11.6 Å². The molecule has 218 valence electrons. The number of likely N-dealkylation sites (tertiary alicyclic amines) is 1. The quantitative estimate of drug-likeness (QED) is 0.527. The van der Waals surface area contributed by atoms with Crippen LogP contribution < -0.4 is 10.6 Å². The van der Waals surface area contributed by atoms with E-state index in [4.69, 9.17) is 4.74 Å². The van der Waals surface area contributed by atoms with Crippen LogP contribution in [0.4, 0.5) is 10.5 Å². The fourth-order valence-corrected chi connectivity index (χ4v) is 5.78. The van der Waals surface area contributed by atoms with Gasteiger partial charge in [-0.3, -0.25) is 34.1 Å². The van der Waals surface area contributed by atoms with Crippen LogP contribution in [0.1, 0.15) is 92.6 Å². The number of rotatable bonds is 5. The summed E-state index contributed by atoms with van der Waals surface area (Å²) in [6.07, 6.45) is 5.00. The summed E-state index contributed by atoms with van der Waals surface area (Å²) < 4.78 is 7.52. The monoisotopic (exact) mass is 564 g/mol. The third-order valence-corrected chi connectivity index (χ3v) is 7.75. The Morgan fingerprint density at radius 2 is 1.90 bits per heavy atom. The second-order valence-corrected chi connectivity index (χ2v) is 12.4. The highest BCUT2D eigenvalue weighted by Gasteiger charge is 2.45. The molecule has 41 heavy (non-hydrogen) atoms. The molecule has 1 aromatic heterocycles. The number of anilines is 1. The predicted octanol–water partition coefficient (Wildman–Crippen LogP) is 3.25. The predicted molar refractivity (Wildman–Crippen MR) is 148 cm³/mol. The van der Waals surface area contributed by atoms with Gasteiger partial charge < -0.3 is 15.0 Å². The van der Waals surface area contributed by atoms with Crippen LogP contribution in [0.5, 0.6) is 0 Å². The average Bonchev–Trinajstić information content (AvgIpc) is 3.45. The van der Waals surface area contributed by atoms with Gasteiger partial charge in [-0.15, -0.1) is 0 Å². The lowest BCUT2D eigenvalue weighted by Crippen LogP contribution is -2.54. The van der Waals surface area contributed by atoms with Crippen LogP contribution in [-0.2, 0) is 20.9 Å². The van der Waals surface area contributed by atoms with Crippen molar-refractivity contribution in [3.05, 3.63) is 47.3 Å². The van der Waals surface area contributed by atoms with E-state index in [1.807, 2.05) is 45.5 Å². The minimum atomic E-state index is -1.02. The van der Waals surface area contributed by atoms with Crippen LogP contribution >= 0.6 is 0 Å². The van der Waals surface area contributed by atoms with Crippen molar-refractivity contribution in [2.75, 3.05) is 11.9 Å². The number of nitrogens with zero attached hydrogens (tertiary/aromatic N) is 4. The molecule has 12 heteroatoms. The summed E-state index contributed by atoms with van der Waals surface area (Å²) in [5.74, 6) is -2.16. The molecule has 2 aromatic rings.